The lowest BCUT2D eigenvalue weighted by molar-refractivity contribution is 0.0806. The molecular formula is C9H13NO2. The number of aromatic hydroxyl groups is 1. The van der Waals surface area contributed by atoms with Gasteiger partial charge in [0.05, 0.1) is 5.54 Å². The minimum atomic E-state index is -0.478. The Balaban J connectivity index is 2.96. The van der Waals surface area contributed by atoms with Crippen LogP contribution in [-0.4, -0.2) is 10.3 Å². The monoisotopic (exact) mass is 167 g/mol. The van der Waals surface area contributed by atoms with Crippen molar-refractivity contribution in [2.45, 2.75) is 19.4 Å². The van der Waals surface area contributed by atoms with E-state index in [1.165, 1.54) is 0 Å². The fourth-order valence-electron chi connectivity index (χ4n) is 0.943. The Morgan fingerprint density at radius 3 is 2.08 bits per heavy atom. The predicted molar refractivity (Wildman–Crippen MR) is 46.1 cm³/mol. The number of rotatable bonds is 2. The van der Waals surface area contributed by atoms with E-state index in [0.29, 0.717) is 0 Å². The molecule has 0 radical (unpaired) electrons. The fourth-order valence-corrected chi connectivity index (χ4v) is 0.943. The molecule has 0 heterocycles. The number of hydrogen-bond acceptors (Lipinski definition) is 3. The van der Waals surface area contributed by atoms with Crippen molar-refractivity contribution in [1.29, 1.82) is 0 Å². The van der Waals surface area contributed by atoms with Crippen LogP contribution in [0.3, 0.4) is 0 Å². The molecule has 0 aliphatic carbocycles. The van der Waals surface area contributed by atoms with Crippen LogP contribution in [0.5, 0.6) is 5.75 Å². The predicted octanol–water partition coefficient (Wildman–Crippen LogP) is 1.61. The minimum absolute atomic E-state index is 0.229. The summed E-state index contributed by atoms with van der Waals surface area (Å²) < 4.78 is 0. The maximum Gasteiger partial charge on any atom is 0.115 e. The zero-order valence-electron chi connectivity index (χ0n) is 7.20. The van der Waals surface area contributed by atoms with Crippen molar-refractivity contribution in [3.05, 3.63) is 29.8 Å². The molecular weight excluding hydrogens is 154 g/mol. The van der Waals surface area contributed by atoms with E-state index in [2.05, 4.69) is 5.48 Å². The van der Waals surface area contributed by atoms with Gasteiger partial charge in [0, 0.05) is 0 Å². The van der Waals surface area contributed by atoms with E-state index in [4.69, 9.17) is 10.3 Å². The molecule has 3 heteroatoms. The van der Waals surface area contributed by atoms with Gasteiger partial charge in [-0.25, -0.2) is 0 Å². The van der Waals surface area contributed by atoms with Gasteiger partial charge in [-0.3, -0.25) is 0 Å². The van der Waals surface area contributed by atoms with E-state index in [1.54, 1.807) is 24.3 Å². The Bertz CT molecular complexity index is 254. The molecule has 0 aliphatic rings. The normalized spacial score (nSPS) is 11.6. The van der Waals surface area contributed by atoms with Crippen LogP contribution in [0.1, 0.15) is 19.4 Å². The highest BCUT2D eigenvalue weighted by atomic mass is 16.5. The first-order valence-corrected chi connectivity index (χ1v) is 3.77. The molecule has 0 atom stereocenters. The van der Waals surface area contributed by atoms with E-state index in [0.717, 1.165) is 5.56 Å². The van der Waals surface area contributed by atoms with Crippen LogP contribution in [0, 0.1) is 0 Å². The highest BCUT2D eigenvalue weighted by Gasteiger charge is 2.18. The highest BCUT2D eigenvalue weighted by molar-refractivity contribution is 5.29. The summed E-state index contributed by atoms with van der Waals surface area (Å²) in [6.07, 6.45) is 0. The summed E-state index contributed by atoms with van der Waals surface area (Å²) in [6, 6.07) is 6.71. The van der Waals surface area contributed by atoms with Crippen LogP contribution >= 0.6 is 0 Å². The van der Waals surface area contributed by atoms with Crippen LogP contribution in [-0.2, 0) is 5.54 Å². The molecule has 0 aromatic heterocycles. The molecule has 1 aromatic carbocycles. The van der Waals surface area contributed by atoms with Gasteiger partial charge in [0.15, 0.2) is 0 Å². The zero-order chi connectivity index (χ0) is 9.19. The summed E-state index contributed by atoms with van der Waals surface area (Å²) >= 11 is 0. The number of hydroxylamine groups is 1. The molecule has 12 heavy (non-hydrogen) atoms. The number of benzene rings is 1. The van der Waals surface area contributed by atoms with Gasteiger partial charge in [0.2, 0.25) is 0 Å². The Labute approximate surface area is 71.6 Å². The van der Waals surface area contributed by atoms with E-state index >= 15 is 0 Å². The Morgan fingerprint density at radius 2 is 1.67 bits per heavy atom. The van der Waals surface area contributed by atoms with Crippen molar-refractivity contribution in [3.8, 4) is 5.75 Å². The second-order valence-electron chi connectivity index (χ2n) is 3.28. The molecule has 0 unspecified atom stereocenters. The minimum Gasteiger partial charge on any atom is -0.508 e. The third-order valence-electron chi connectivity index (χ3n) is 1.87. The standard InChI is InChI=1S/C9H13NO2/c1-9(2,10-12)7-3-5-8(11)6-4-7/h3-6,10-12H,1-2H3. The third kappa shape index (κ3) is 1.75. The van der Waals surface area contributed by atoms with Gasteiger partial charge < -0.3 is 10.3 Å². The van der Waals surface area contributed by atoms with Crippen LogP contribution in [0.2, 0.25) is 0 Å². The van der Waals surface area contributed by atoms with Crippen molar-refractivity contribution in [2.24, 2.45) is 0 Å². The van der Waals surface area contributed by atoms with E-state index in [9.17, 15) is 0 Å². The molecule has 0 amide bonds. The lowest BCUT2D eigenvalue weighted by Gasteiger charge is -2.22. The maximum absolute atomic E-state index is 9.01. The molecule has 3 N–H and O–H groups in total. The summed E-state index contributed by atoms with van der Waals surface area (Å²) in [5.74, 6) is 0.229. The van der Waals surface area contributed by atoms with Crippen LogP contribution < -0.4 is 5.48 Å². The maximum atomic E-state index is 9.01. The van der Waals surface area contributed by atoms with Crippen molar-refractivity contribution in [2.75, 3.05) is 0 Å². The molecule has 1 rings (SSSR count). The van der Waals surface area contributed by atoms with Crippen molar-refractivity contribution in [3.63, 3.8) is 0 Å². The first kappa shape index (κ1) is 9.03. The Kier molecular flexibility index (Phi) is 2.35. The molecule has 1 aromatic rings. The lowest BCUT2D eigenvalue weighted by atomic mass is 9.95. The molecule has 0 saturated carbocycles. The average molecular weight is 167 g/mol. The largest absolute Gasteiger partial charge is 0.508 e. The van der Waals surface area contributed by atoms with Gasteiger partial charge in [0.1, 0.15) is 5.75 Å². The SMILES string of the molecule is CC(C)(NO)c1ccc(O)cc1. The first-order valence-electron chi connectivity index (χ1n) is 3.77. The fraction of sp³-hybridized carbons (Fsp3) is 0.333. The van der Waals surface area contributed by atoms with Gasteiger partial charge in [-0.15, -0.1) is 0 Å². The molecule has 0 fully saturated rings. The number of nitrogens with one attached hydrogen (secondary N) is 1. The van der Waals surface area contributed by atoms with Crippen molar-refractivity contribution in [1.82, 2.24) is 5.48 Å². The summed E-state index contributed by atoms with van der Waals surface area (Å²) in [5.41, 5.74) is 2.64. The topological polar surface area (TPSA) is 52.5 Å². The lowest BCUT2D eigenvalue weighted by Crippen LogP contribution is -2.33. The molecule has 0 spiro atoms. The summed E-state index contributed by atoms with van der Waals surface area (Å²) in [7, 11) is 0. The molecule has 66 valence electrons. The summed E-state index contributed by atoms with van der Waals surface area (Å²) in [5, 5.41) is 17.8. The van der Waals surface area contributed by atoms with Gasteiger partial charge in [-0.2, -0.15) is 5.48 Å². The van der Waals surface area contributed by atoms with Crippen LogP contribution in [0.4, 0.5) is 0 Å². The zero-order valence-corrected chi connectivity index (χ0v) is 7.20. The molecule has 0 aliphatic heterocycles. The Hall–Kier alpha value is -1.06. The highest BCUT2D eigenvalue weighted by Crippen LogP contribution is 2.21. The molecule has 3 nitrogen and oxygen atoms in total. The average Bonchev–Trinajstić information content (AvgIpc) is 2.05. The van der Waals surface area contributed by atoms with Crippen LogP contribution in [0.25, 0.3) is 0 Å². The smallest absolute Gasteiger partial charge is 0.115 e. The van der Waals surface area contributed by atoms with Crippen LogP contribution in [0.15, 0.2) is 24.3 Å². The second kappa shape index (κ2) is 3.13. The van der Waals surface area contributed by atoms with E-state index in [-0.39, 0.29) is 5.75 Å². The first-order chi connectivity index (χ1) is 5.56. The number of phenols is 1. The van der Waals surface area contributed by atoms with E-state index in [1.807, 2.05) is 13.8 Å². The van der Waals surface area contributed by atoms with Gasteiger partial charge >= 0.3 is 0 Å². The second-order valence-corrected chi connectivity index (χ2v) is 3.28. The number of hydrogen-bond donors (Lipinski definition) is 3. The summed E-state index contributed by atoms with van der Waals surface area (Å²) in [4.78, 5) is 0. The Morgan fingerprint density at radius 1 is 1.17 bits per heavy atom. The van der Waals surface area contributed by atoms with Gasteiger partial charge in [-0.05, 0) is 31.5 Å². The van der Waals surface area contributed by atoms with Crippen molar-refractivity contribution >= 4 is 0 Å². The molecule has 0 saturated heterocycles. The quantitative estimate of drug-likeness (QED) is 0.586. The van der Waals surface area contributed by atoms with Gasteiger partial charge in [-0.1, -0.05) is 12.1 Å². The van der Waals surface area contributed by atoms with Crippen molar-refractivity contribution < 1.29 is 10.3 Å². The number of phenolic OH excluding ortho intramolecular Hbond substituents is 1. The molecule has 0 bridgehead atoms. The third-order valence-corrected chi connectivity index (χ3v) is 1.87. The summed E-state index contributed by atoms with van der Waals surface area (Å²) in [6.45, 7) is 3.69. The van der Waals surface area contributed by atoms with Gasteiger partial charge in [0.25, 0.3) is 0 Å². The van der Waals surface area contributed by atoms with E-state index < -0.39 is 5.54 Å².